The zero-order valence-corrected chi connectivity index (χ0v) is 11.9. The number of piperidine rings is 1. The lowest BCUT2D eigenvalue weighted by Gasteiger charge is -2.31. The van der Waals surface area contributed by atoms with Crippen LogP contribution in [0.5, 0.6) is 0 Å². The molecule has 6 heteroatoms. The maximum Gasteiger partial charge on any atom is 0.216 e. The number of rotatable bonds is 4. The molecule has 0 aromatic heterocycles. The largest absolute Gasteiger partial charge is 0.381 e. The van der Waals surface area contributed by atoms with Gasteiger partial charge in [0.2, 0.25) is 10.0 Å². The minimum atomic E-state index is -3.15. The van der Waals surface area contributed by atoms with Crippen molar-refractivity contribution in [2.24, 2.45) is 0 Å². The van der Waals surface area contributed by atoms with Crippen molar-refractivity contribution in [3.63, 3.8) is 0 Å². The van der Waals surface area contributed by atoms with Gasteiger partial charge < -0.3 is 10.1 Å². The minimum Gasteiger partial charge on any atom is -0.381 e. The van der Waals surface area contributed by atoms with Gasteiger partial charge in [0.15, 0.2) is 0 Å². The molecule has 0 radical (unpaired) electrons. The van der Waals surface area contributed by atoms with Crippen molar-refractivity contribution in [1.29, 1.82) is 0 Å². The van der Waals surface area contributed by atoms with Crippen LogP contribution in [0.4, 0.5) is 0 Å². The van der Waals surface area contributed by atoms with Gasteiger partial charge in [0, 0.05) is 32.8 Å². The molecule has 1 unspecified atom stereocenters. The lowest BCUT2D eigenvalue weighted by Crippen LogP contribution is -2.47. The zero-order valence-electron chi connectivity index (χ0n) is 11.1. The Morgan fingerprint density at radius 2 is 1.94 bits per heavy atom. The third-order valence-electron chi connectivity index (χ3n) is 3.91. The molecule has 2 fully saturated rings. The van der Waals surface area contributed by atoms with Crippen LogP contribution in [0.3, 0.4) is 0 Å². The van der Waals surface area contributed by atoms with E-state index in [1.807, 2.05) is 0 Å². The van der Waals surface area contributed by atoms with E-state index in [0.29, 0.717) is 38.6 Å². The summed E-state index contributed by atoms with van der Waals surface area (Å²) in [5, 5.41) is 3.14. The van der Waals surface area contributed by atoms with Crippen LogP contribution in [-0.4, -0.2) is 57.4 Å². The highest BCUT2D eigenvalue weighted by molar-refractivity contribution is 7.89. The average molecular weight is 276 g/mol. The van der Waals surface area contributed by atoms with Gasteiger partial charge in [-0.05, 0) is 32.2 Å². The molecule has 1 atom stereocenters. The van der Waals surface area contributed by atoms with Crippen molar-refractivity contribution in [1.82, 2.24) is 9.62 Å². The van der Waals surface area contributed by atoms with Gasteiger partial charge in [0.05, 0.1) is 5.25 Å². The molecule has 2 aliphatic rings. The molecule has 18 heavy (non-hydrogen) atoms. The monoisotopic (exact) mass is 276 g/mol. The molecule has 0 aromatic carbocycles. The summed E-state index contributed by atoms with van der Waals surface area (Å²) in [5.41, 5.74) is 0. The van der Waals surface area contributed by atoms with Crippen LogP contribution in [0, 0.1) is 0 Å². The maximum absolute atomic E-state index is 12.4. The number of hydrogen-bond donors (Lipinski definition) is 1. The summed E-state index contributed by atoms with van der Waals surface area (Å²) in [6, 6.07) is 0.318. The van der Waals surface area contributed by atoms with Crippen LogP contribution in [-0.2, 0) is 14.8 Å². The Hall–Kier alpha value is -0.170. The van der Waals surface area contributed by atoms with Crippen LogP contribution in [0.25, 0.3) is 0 Å². The number of nitrogens with zero attached hydrogens (tertiary/aromatic N) is 1. The average Bonchev–Trinajstić information content (AvgIpc) is 2.41. The summed E-state index contributed by atoms with van der Waals surface area (Å²) < 4.78 is 31.6. The molecule has 1 N–H and O–H groups in total. The second kappa shape index (κ2) is 6.32. The van der Waals surface area contributed by atoms with Crippen LogP contribution < -0.4 is 5.32 Å². The van der Waals surface area contributed by atoms with Gasteiger partial charge in [-0.15, -0.1) is 0 Å². The first-order chi connectivity index (χ1) is 8.60. The summed E-state index contributed by atoms with van der Waals surface area (Å²) >= 11 is 0. The molecule has 0 aliphatic carbocycles. The zero-order chi connectivity index (χ0) is 13.0. The Balaban J connectivity index is 1.91. The molecule has 2 heterocycles. The summed E-state index contributed by atoms with van der Waals surface area (Å²) in [6.07, 6.45) is 4.74. The van der Waals surface area contributed by atoms with Gasteiger partial charge in [-0.3, -0.25) is 0 Å². The summed E-state index contributed by atoms with van der Waals surface area (Å²) in [5.74, 6) is 0. The standard InChI is InChI=1S/C12H24N2O3S/c1-14(10-11-4-2-3-7-13-11)18(15,16)12-5-8-17-9-6-12/h11-13H,2-10H2,1H3. The molecule has 0 aromatic rings. The van der Waals surface area contributed by atoms with Crippen LogP contribution in [0.15, 0.2) is 0 Å². The third kappa shape index (κ3) is 3.44. The number of hydrogen-bond acceptors (Lipinski definition) is 4. The van der Waals surface area contributed by atoms with Crippen molar-refractivity contribution >= 4 is 10.0 Å². The minimum absolute atomic E-state index is 0.250. The number of likely N-dealkylation sites (N-methyl/N-ethyl adjacent to an activating group) is 1. The van der Waals surface area contributed by atoms with Crippen LogP contribution >= 0.6 is 0 Å². The van der Waals surface area contributed by atoms with E-state index in [-0.39, 0.29) is 5.25 Å². The second-order valence-corrected chi connectivity index (χ2v) is 7.60. The van der Waals surface area contributed by atoms with Crippen molar-refractivity contribution < 1.29 is 13.2 Å². The number of nitrogens with one attached hydrogen (secondary N) is 1. The van der Waals surface area contributed by atoms with Crippen LogP contribution in [0.2, 0.25) is 0 Å². The summed E-state index contributed by atoms with van der Waals surface area (Å²) in [4.78, 5) is 0. The van der Waals surface area contributed by atoms with E-state index in [2.05, 4.69) is 5.32 Å². The molecule has 2 aliphatic heterocycles. The van der Waals surface area contributed by atoms with E-state index in [0.717, 1.165) is 13.0 Å². The fourth-order valence-electron chi connectivity index (χ4n) is 2.72. The lowest BCUT2D eigenvalue weighted by molar-refractivity contribution is 0.0973. The van der Waals surface area contributed by atoms with Crippen molar-refractivity contribution in [2.75, 3.05) is 33.4 Å². The van der Waals surface area contributed by atoms with Gasteiger partial charge in [-0.25, -0.2) is 12.7 Å². The quantitative estimate of drug-likeness (QED) is 0.815. The maximum atomic E-state index is 12.4. The molecule has 0 amide bonds. The first-order valence-electron chi connectivity index (χ1n) is 6.87. The summed E-state index contributed by atoms with van der Waals surface area (Å²) in [6.45, 7) is 2.74. The lowest BCUT2D eigenvalue weighted by atomic mass is 10.1. The first-order valence-corrected chi connectivity index (χ1v) is 8.37. The number of ether oxygens (including phenoxy) is 1. The Kier molecular flexibility index (Phi) is 5.00. The molecule has 2 rings (SSSR count). The van der Waals surface area contributed by atoms with E-state index in [4.69, 9.17) is 4.74 Å². The Morgan fingerprint density at radius 1 is 1.22 bits per heavy atom. The molecule has 0 spiro atoms. The molecule has 0 bridgehead atoms. The van der Waals surface area contributed by atoms with E-state index in [1.54, 1.807) is 11.4 Å². The van der Waals surface area contributed by atoms with E-state index in [1.165, 1.54) is 12.8 Å². The molecular weight excluding hydrogens is 252 g/mol. The van der Waals surface area contributed by atoms with Gasteiger partial charge in [-0.2, -0.15) is 0 Å². The first kappa shape index (κ1) is 14.2. The van der Waals surface area contributed by atoms with Gasteiger partial charge in [0.1, 0.15) is 0 Å². The normalized spacial score (nSPS) is 27.6. The smallest absolute Gasteiger partial charge is 0.216 e. The van der Waals surface area contributed by atoms with Gasteiger partial charge in [-0.1, -0.05) is 6.42 Å². The third-order valence-corrected chi connectivity index (χ3v) is 6.25. The van der Waals surface area contributed by atoms with Gasteiger partial charge in [0.25, 0.3) is 0 Å². The van der Waals surface area contributed by atoms with Gasteiger partial charge >= 0.3 is 0 Å². The summed E-state index contributed by atoms with van der Waals surface area (Å²) in [7, 11) is -1.44. The predicted octanol–water partition coefficient (Wildman–Crippen LogP) is 0.569. The topological polar surface area (TPSA) is 58.6 Å². The molecule has 5 nitrogen and oxygen atoms in total. The molecule has 2 saturated heterocycles. The SMILES string of the molecule is CN(CC1CCCCN1)S(=O)(=O)C1CCOCC1. The molecular formula is C12H24N2O3S. The highest BCUT2D eigenvalue weighted by atomic mass is 32.2. The van der Waals surface area contributed by atoms with Crippen LogP contribution in [0.1, 0.15) is 32.1 Å². The number of sulfonamides is 1. The molecule has 0 saturated carbocycles. The Bertz CT molecular complexity index is 346. The second-order valence-electron chi connectivity index (χ2n) is 5.28. The fraction of sp³-hybridized carbons (Fsp3) is 1.00. The molecule has 106 valence electrons. The highest BCUT2D eigenvalue weighted by Crippen LogP contribution is 2.19. The van der Waals surface area contributed by atoms with E-state index >= 15 is 0 Å². The Labute approximate surface area is 110 Å². The highest BCUT2D eigenvalue weighted by Gasteiger charge is 2.32. The van der Waals surface area contributed by atoms with Crippen molar-refractivity contribution in [2.45, 2.75) is 43.4 Å². The van der Waals surface area contributed by atoms with E-state index < -0.39 is 10.0 Å². The fourth-order valence-corrected chi connectivity index (χ4v) is 4.41. The Morgan fingerprint density at radius 3 is 2.56 bits per heavy atom. The van der Waals surface area contributed by atoms with Crippen molar-refractivity contribution in [3.05, 3.63) is 0 Å². The predicted molar refractivity (Wildman–Crippen MR) is 71.0 cm³/mol. The van der Waals surface area contributed by atoms with E-state index in [9.17, 15) is 8.42 Å². The van der Waals surface area contributed by atoms with Crippen molar-refractivity contribution in [3.8, 4) is 0 Å².